The first-order valence-corrected chi connectivity index (χ1v) is 6.34. The van der Waals surface area contributed by atoms with Gasteiger partial charge in [0.15, 0.2) is 0 Å². The Labute approximate surface area is 80.7 Å². The van der Waals surface area contributed by atoms with Crippen LogP contribution in [0.3, 0.4) is 0 Å². The first-order chi connectivity index (χ1) is 5.79. The molecule has 0 bridgehead atoms. The molecule has 1 saturated carbocycles. The van der Waals surface area contributed by atoms with Crippen LogP contribution in [-0.4, -0.2) is 24.1 Å². The zero-order chi connectivity index (χ0) is 8.97. The Bertz CT molecular complexity index is 127. The summed E-state index contributed by atoms with van der Waals surface area (Å²) in [4.78, 5) is 0. The lowest BCUT2D eigenvalue weighted by Gasteiger charge is -2.20. The third kappa shape index (κ3) is 2.40. The largest absolute Gasteiger partial charge is 0.314 e. The van der Waals surface area contributed by atoms with Gasteiger partial charge in [0.05, 0.1) is 0 Å². The van der Waals surface area contributed by atoms with Crippen LogP contribution in [0.5, 0.6) is 0 Å². The van der Waals surface area contributed by atoms with Crippen LogP contribution in [0.4, 0.5) is 0 Å². The second-order valence-electron chi connectivity index (χ2n) is 3.77. The normalized spacial score (nSPS) is 35.8. The van der Waals surface area contributed by atoms with Gasteiger partial charge in [0.2, 0.25) is 0 Å². The van der Waals surface area contributed by atoms with Gasteiger partial charge < -0.3 is 5.32 Å². The second kappa shape index (κ2) is 5.13. The van der Waals surface area contributed by atoms with Crippen LogP contribution in [0.2, 0.25) is 0 Å². The van der Waals surface area contributed by atoms with E-state index in [0.29, 0.717) is 0 Å². The fourth-order valence-electron chi connectivity index (χ4n) is 2.08. The van der Waals surface area contributed by atoms with E-state index in [1.54, 1.807) is 0 Å². The van der Waals surface area contributed by atoms with Gasteiger partial charge in [-0.15, -0.1) is 0 Å². The summed E-state index contributed by atoms with van der Waals surface area (Å²) in [5.74, 6) is 0.867. The maximum atomic E-state index is 3.63. The molecular weight excluding hydrogens is 166 g/mol. The molecule has 0 aromatic heterocycles. The molecule has 0 amide bonds. The molecule has 0 saturated heterocycles. The zero-order valence-corrected chi connectivity index (χ0v) is 9.29. The number of thioether (sulfide) groups is 1. The molecule has 2 heteroatoms. The van der Waals surface area contributed by atoms with Gasteiger partial charge in [0.25, 0.3) is 0 Å². The standard InChI is InChI=1S/C10H21NS/c1-4-7-11-9-5-6-10(12-3)8(9)2/h8-11H,4-7H2,1-3H3. The summed E-state index contributed by atoms with van der Waals surface area (Å²) in [6, 6.07) is 0.794. The Morgan fingerprint density at radius 1 is 1.42 bits per heavy atom. The molecule has 3 atom stereocenters. The number of hydrogen-bond acceptors (Lipinski definition) is 2. The van der Waals surface area contributed by atoms with Crippen molar-refractivity contribution in [3.8, 4) is 0 Å². The fraction of sp³-hybridized carbons (Fsp3) is 1.00. The fourth-order valence-corrected chi connectivity index (χ4v) is 3.07. The first-order valence-electron chi connectivity index (χ1n) is 5.05. The van der Waals surface area contributed by atoms with Crippen molar-refractivity contribution in [1.82, 2.24) is 5.32 Å². The summed E-state index contributed by atoms with van der Waals surface area (Å²) in [5.41, 5.74) is 0. The van der Waals surface area contributed by atoms with E-state index in [-0.39, 0.29) is 0 Å². The van der Waals surface area contributed by atoms with Crippen LogP contribution in [0.25, 0.3) is 0 Å². The van der Waals surface area contributed by atoms with Gasteiger partial charge in [0.1, 0.15) is 0 Å². The molecular formula is C10H21NS. The molecule has 1 rings (SSSR count). The number of hydrogen-bond donors (Lipinski definition) is 1. The monoisotopic (exact) mass is 187 g/mol. The van der Waals surface area contributed by atoms with Gasteiger partial charge in [0, 0.05) is 11.3 Å². The van der Waals surface area contributed by atoms with Crippen LogP contribution < -0.4 is 5.32 Å². The van der Waals surface area contributed by atoms with Crippen molar-refractivity contribution < 1.29 is 0 Å². The molecule has 1 aliphatic carbocycles. The molecule has 72 valence electrons. The van der Waals surface area contributed by atoms with Crippen molar-refractivity contribution in [3.05, 3.63) is 0 Å². The van der Waals surface area contributed by atoms with Gasteiger partial charge in [-0.1, -0.05) is 13.8 Å². The van der Waals surface area contributed by atoms with Crippen LogP contribution >= 0.6 is 11.8 Å². The molecule has 0 aromatic carbocycles. The summed E-state index contributed by atoms with van der Waals surface area (Å²) in [6.45, 7) is 5.82. The van der Waals surface area contributed by atoms with E-state index in [9.17, 15) is 0 Å². The summed E-state index contributed by atoms with van der Waals surface area (Å²) in [6.07, 6.45) is 6.28. The van der Waals surface area contributed by atoms with Gasteiger partial charge in [-0.25, -0.2) is 0 Å². The highest BCUT2D eigenvalue weighted by Gasteiger charge is 2.31. The van der Waals surface area contributed by atoms with Crippen molar-refractivity contribution in [3.63, 3.8) is 0 Å². The Morgan fingerprint density at radius 2 is 2.17 bits per heavy atom. The van der Waals surface area contributed by atoms with Crippen molar-refractivity contribution in [2.24, 2.45) is 5.92 Å². The minimum Gasteiger partial charge on any atom is -0.314 e. The summed E-state index contributed by atoms with van der Waals surface area (Å²) >= 11 is 2.04. The molecule has 0 spiro atoms. The van der Waals surface area contributed by atoms with Gasteiger partial charge in [-0.05, 0) is 38.0 Å². The van der Waals surface area contributed by atoms with Crippen molar-refractivity contribution in [2.45, 2.75) is 44.4 Å². The van der Waals surface area contributed by atoms with E-state index < -0.39 is 0 Å². The van der Waals surface area contributed by atoms with Crippen LogP contribution in [-0.2, 0) is 0 Å². The maximum Gasteiger partial charge on any atom is 0.0104 e. The Balaban J connectivity index is 2.28. The molecule has 1 N–H and O–H groups in total. The van der Waals surface area contributed by atoms with Crippen LogP contribution in [0.1, 0.15) is 33.1 Å². The summed E-state index contributed by atoms with van der Waals surface area (Å²) < 4.78 is 0. The zero-order valence-electron chi connectivity index (χ0n) is 8.47. The predicted molar refractivity (Wildman–Crippen MR) is 57.8 cm³/mol. The lowest BCUT2D eigenvalue weighted by atomic mass is 10.1. The van der Waals surface area contributed by atoms with Crippen molar-refractivity contribution >= 4 is 11.8 Å². The SMILES string of the molecule is CCCNC1CCC(SC)C1C. The van der Waals surface area contributed by atoms with Crippen molar-refractivity contribution in [2.75, 3.05) is 12.8 Å². The topological polar surface area (TPSA) is 12.0 Å². The molecule has 0 radical (unpaired) electrons. The smallest absolute Gasteiger partial charge is 0.0104 e. The van der Waals surface area contributed by atoms with Gasteiger partial charge in [-0.3, -0.25) is 0 Å². The number of nitrogens with one attached hydrogen (secondary N) is 1. The minimum absolute atomic E-state index is 0.794. The summed E-state index contributed by atoms with van der Waals surface area (Å²) in [7, 11) is 0. The third-order valence-corrected chi connectivity index (χ3v) is 4.21. The van der Waals surface area contributed by atoms with E-state index in [1.807, 2.05) is 11.8 Å². The Hall–Kier alpha value is 0.310. The van der Waals surface area contributed by atoms with E-state index in [4.69, 9.17) is 0 Å². The third-order valence-electron chi connectivity index (χ3n) is 2.94. The number of rotatable bonds is 4. The summed E-state index contributed by atoms with van der Waals surface area (Å²) in [5, 5.41) is 4.53. The molecule has 0 aliphatic heterocycles. The highest BCUT2D eigenvalue weighted by Crippen LogP contribution is 2.33. The van der Waals surface area contributed by atoms with E-state index in [2.05, 4.69) is 25.4 Å². The van der Waals surface area contributed by atoms with E-state index in [1.165, 1.54) is 25.8 Å². The average molecular weight is 187 g/mol. The molecule has 3 unspecified atom stereocenters. The highest BCUT2D eigenvalue weighted by molar-refractivity contribution is 7.99. The van der Waals surface area contributed by atoms with Crippen LogP contribution in [0.15, 0.2) is 0 Å². The molecule has 12 heavy (non-hydrogen) atoms. The molecule has 0 heterocycles. The van der Waals surface area contributed by atoms with Crippen molar-refractivity contribution in [1.29, 1.82) is 0 Å². The lowest BCUT2D eigenvalue weighted by molar-refractivity contribution is 0.432. The highest BCUT2D eigenvalue weighted by atomic mass is 32.2. The van der Waals surface area contributed by atoms with E-state index >= 15 is 0 Å². The van der Waals surface area contributed by atoms with Gasteiger partial charge >= 0.3 is 0 Å². The average Bonchev–Trinajstić information content (AvgIpc) is 2.43. The molecule has 1 nitrogen and oxygen atoms in total. The maximum absolute atomic E-state index is 3.63. The lowest BCUT2D eigenvalue weighted by Crippen LogP contribution is -2.33. The van der Waals surface area contributed by atoms with Crippen LogP contribution in [0, 0.1) is 5.92 Å². The Morgan fingerprint density at radius 3 is 2.67 bits per heavy atom. The molecule has 1 aliphatic rings. The minimum atomic E-state index is 0.794. The second-order valence-corrected chi connectivity index (χ2v) is 4.85. The van der Waals surface area contributed by atoms with E-state index in [0.717, 1.165) is 17.2 Å². The molecule has 0 aromatic rings. The molecule has 1 fully saturated rings. The Kier molecular flexibility index (Phi) is 4.44. The van der Waals surface area contributed by atoms with Gasteiger partial charge in [-0.2, -0.15) is 11.8 Å². The first kappa shape index (κ1) is 10.4. The quantitative estimate of drug-likeness (QED) is 0.726. The predicted octanol–water partition coefficient (Wildman–Crippen LogP) is 2.52.